The number of hydrogen-bond acceptors (Lipinski definition) is 2. The van der Waals surface area contributed by atoms with Gasteiger partial charge in [0.05, 0.1) is 5.69 Å². The highest BCUT2D eigenvalue weighted by atomic mass is 32.2. The number of imidazole rings is 1. The third-order valence-corrected chi connectivity index (χ3v) is 2.69. The first kappa shape index (κ1) is 9.34. The molecule has 0 saturated carbocycles. The van der Waals surface area contributed by atoms with Crippen molar-refractivity contribution in [2.75, 3.05) is 6.26 Å². The summed E-state index contributed by atoms with van der Waals surface area (Å²) in [6, 6.07) is 8.39. The molecule has 0 aliphatic carbocycles. The number of aromatic amines is 1. The summed E-state index contributed by atoms with van der Waals surface area (Å²) in [6.45, 7) is 2.08. The van der Waals surface area contributed by atoms with E-state index in [1.165, 1.54) is 5.56 Å². The van der Waals surface area contributed by atoms with E-state index in [1.807, 2.05) is 12.5 Å². The van der Waals surface area contributed by atoms with Crippen molar-refractivity contribution in [3.63, 3.8) is 0 Å². The van der Waals surface area contributed by atoms with Crippen molar-refractivity contribution in [1.29, 1.82) is 0 Å². The maximum atomic E-state index is 4.44. The van der Waals surface area contributed by atoms with Crippen molar-refractivity contribution >= 4 is 11.8 Å². The van der Waals surface area contributed by atoms with E-state index in [0.29, 0.717) is 0 Å². The first-order chi connectivity index (χ1) is 6.79. The lowest BCUT2D eigenvalue weighted by Gasteiger charge is -1.96. The van der Waals surface area contributed by atoms with Crippen LogP contribution in [0.25, 0.3) is 11.3 Å². The van der Waals surface area contributed by atoms with Gasteiger partial charge in [0.25, 0.3) is 0 Å². The highest BCUT2D eigenvalue weighted by molar-refractivity contribution is 7.98. The number of hydrogen-bond donors (Lipinski definition) is 1. The minimum atomic E-state index is 0.959. The fourth-order valence-corrected chi connectivity index (χ4v) is 1.65. The molecule has 0 atom stereocenters. The van der Waals surface area contributed by atoms with E-state index in [-0.39, 0.29) is 0 Å². The number of benzene rings is 1. The Morgan fingerprint density at radius 3 is 2.50 bits per heavy atom. The fourth-order valence-electron chi connectivity index (χ4n) is 1.28. The van der Waals surface area contributed by atoms with Gasteiger partial charge in [0, 0.05) is 11.8 Å². The van der Waals surface area contributed by atoms with Crippen molar-refractivity contribution in [2.24, 2.45) is 0 Å². The molecular formula is C11H12N2S. The van der Waals surface area contributed by atoms with E-state index in [2.05, 4.69) is 41.2 Å². The lowest BCUT2D eigenvalue weighted by molar-refractivity contribution is 1.06. The van der Waals surface area contributed by atoms with Crippen LogP contribution in [0.2, 0.25) is 0 Å². The highest BCUT2D eigenvalue weighted by Gasteiger charge is 2.01. The van der Waals surface area contributed by atoms with Crippen LogP contribution in [-0.4, -0.2) is 16.2 Å². The zero-order chi connectivity index (χ0) is 9.97. The number of nitrogens with one attached hydrogen (secondary N) is 1. The van der Waals surface area contributed by atoms with Crippen LogP contribution >= 0.6 is 11.8 Å². The van der Waals surface area contributed by atoms with E-state index in [9.17, 15) is 0 Å². The summed E-state index contributed by atoms with van der Waals surface area (Å²) >= 11 is 1.62. The molecule has 0 unspecified atom stereocenters. The molecule has 1 N–H and O–H groups in total. The van der Waals surface area contributed by atoms with E-state index in [0.717, 1.165) is 16.4 Å². The Balaban J connectivity index is 2.34. The van der Waals surface area contributed by atoms with Gasteiger partial charge in [-0.3, -0.25) is 0 Å². The van der Waals surface area contributed by atoms with Gasteiger partial charge in [0.1, 0.15) is 0 Å². The van der Waals surface area contributed by atoms with Crippen LogP contribution in [0.5, 0.6) is 0 Å². The average Bonchev–Trinajstić information content (AvgIpc) is 2.67. The molecule has 0 saturated heterocycles. The second kappa shape index (κ2) is 3.88. The molecule has 2 nitrogen and oxygen atoms in total. The lowest BCUT2D eigenvalue weighted by atomic mass is 10.1. The Morgan fingerprint density at radius 1 is 1.21 bits per heavy atom. The van der Waals surface area contributed by atoms with Gasteiger partial charge in [-0.1, -0.05) is 41.6 Å². The van der Waals surface area contributed by atoms with Crippen LogP contribution in [0.3, 0.4) is 0 Å². The maximum absolute atomic E-state index is 4.44. The maximum Gasteiger partial charge on any atom is 0.165 e. The average molecular weight is 204 g/mol. The zero-order valence-electron chi connectivity index (χ0n) is 8.24. The van der Waals surface area contributed by atoms with E-state index < -0.39 is 0 Å². The predicted octanol–water partition coefficient (Wildman–Crippen LogP) is 3.11. The molecule has 0 spiro atoms. The summed E-state index contributed by atoms with van der Waals surface area (Å²) in [7, 11) is 0. The Bertz CT molecular complexity index is 417. The van der Waals surface area contributed by atoms with E-state index in [1.54, 1.807) is 11.8 Å². The molecule has 0 aliphatic heterocycles. The summed E-state index contributed by atoms with van der Waals surface area (Å²) in [5, 5.41) is 0.959. The lowest BCUT2D eigenvalue weighted by Crippen LogP contribution is -1.78. The summed E-state index contributed by atoms with van der Waals surface area (Å²) in [4.78, 5) is 7.56. The van der Waals surface area contributed by atoms with Crippen molar-refractivity contribution < 1.29 is 0 Å². The molecule has 1 heterocycles. The minimum Gasteiger partial charge on any atom is -0.339 e. The first-order valence-corrected chi connectivity index (χ1v) is 5.68. The van der Waals surface area contributed by atoms with E-state index in [4.69, 9.17) is 0 Å². The standard InChI is InChI=1S/C11H12N2S/c1-8-3-5-9(6-4-8)10-7-12-11(13-10)14-2/h3-7H,1-2H3,(H,12,13). The van der Waals surface area contributed by atoms with Crippen LogP contribution in [0, 0.1) is 6.92 Å². The van der Waals surface area contributed by atoms with Crippen LogP contribution in [0.4, 0.5) is 0 Å². The number of H-pyrrole nitrogens is 1. The first-order valence-electron chi connectivity index (χ1n) is 4.46. The minimum absolute atomic E-state index is 0.959. The molecule has 2 aromatic rings. The Morgan fingerprint density at radius 2 is 1.93 bits per heavy atom. The van der Waals surface area contributed by atoms with Crippen molar-refractivity contribution in [3.05, 3.63) is 36.0 Å². The molecule has 0 amide bonds. The summed E-state index contributed by atoms with van der Waals surface area (Å²) in [5.74, 6) is 0. The zero-order valence-corrected chi connectivity index (χ0v) is 9.06. The van der Waals surface area contributed by atoms with Crippen LogP contribution in [0.1, 0.15) is 5.56 Å². The fraction of sp³-hybridized carbons (Fsp3) is 0.182. The molecule has 72 valence electrons. The Hall–Kier alpha value is -1.22. The summed E-state index contributed by atoms with van der Waals surface area (Å²) in [5.41, 5.74) is 3.44. The van der Waals surface area contributed by atoms with Gasteiger partial charge in [-0.2, -0.15) is 0 Å². The largest absolute Gasteiger partial charge is 0.339 e. The topological polar surface area (TPSA) is 28.7 Å². The molecule has 0 fully saturated rings. The van der Waals surface area contributed by atoms with Gasteiger partial charge >= 0.3 is 0 Å². The van der Waals surface area contributed by atoms with Crippen LogP contribution in [-0.2, 0) is 0 Å². The predicted molar refractivity (Wildman–Crippen MR) is 60.5 cm³/mol. The summed E-state index contributed by atoms with van der Waals surface area (Å²) < 4.78 is 0. The second-order valence-electron chi connectivity index (χ2n) is 3.16. The summed E-state index contributed by atoms with van der Waals surface area (Å²) in [6.07, 6.45) is 3.95. The molecule has 0 radical (unpaired) electrons. The third-order valence-electron chi connectivity index (χ3n) is 2.10. The molecule has 0 aliphatic rings. The number of rotatable bonds is 2. The third kappa shape index (κ3) is 1.82. The van der Waals surface area contributed by atoms with Crippen molar-refractivity contribution in [3.8, 4) is 11.3 Å². The van der Waals surface area contributed by atoms with Crippen molar-refractivity contribution in [1.82, 2.24) is 9.97 Å². The normalized spacial score (nSPS) is 10.4. The van der Waals surface area contributed by atoms with Gasteiger partial charge in [0.15, 0.2) is 5.16 Å². The smallest absolute Gasteiger partial charge is 0.165 e. The molecule has 1 aromatic heterocycles. The molecule has 1 aromatic carbocycles. The number of nitrogens with zero attached hydrogens (tertiary/aromatic N) is 1. The van der Waals surface area contributed by atoms with Crippen molar-refractivity contribution in [2.45, 2.75) is 12.1 Å². The van der Waals surface area contributed by atoms with Gasteiger partial charge in [-0.05, 0) is 13.2 Å². The molecule has 3 heteroatoms. The SMILES string of the molecule is CSc1nc(-c2ccc(C)cc2)c[nH]1. The number of aromatic nitrogens is 2. The second-order valence-corrected chi connectivity index (χ2v) is 3.96. The van der Waals surface area contributed by atoms with Crippen LogP contribution < -0.4 is 0 Å². The van der Waals surface area contributed by atoms with Gasteiger partial charge in [0.2, 0.25) is 0 Å². The molecule has 14 heavy (non-hydrogen) atoms. The highest BCUT2D eigenvalue weighted by Crippen LogP contribution is 2.20. The van der Waals surface area contributed by atoms with Crippen LogP contribution in [0.15, 0.2) is 35.6 Å². The van der Waals surface area contributed by atoms with Gasteiger partial charge in [-0.15, -0.1) is 0 Å². The molecular weight excluding hydrogens is 192 g/mol. The Labute approximate surface area is 87.8 Å². The van der Waals surface area contributed by atoms with E-state index >= 15 is 0 Å². The van der Waals surface area contributed by atoms with Gasteiger partial charge < -0.3 is 4.98 Å². The number of thioether (sulfide) groups is 1. The molecule has 2 rings (SSSR count). The molecule has 0 bridgehead atoms. The Kier molecular flexibility index (Phi) is 2.59. The van der Waals surface area contributed by atoms with Gasteiger partial charge in [-0.25, -0.2) is 4.98 Å². The monoisotopic (exact) mass is 204 g/mol. The quantitative estimate of drug-likeness (QED) is 0.761. The number of aryl methyl sites for hydroxylation is 1.